The smallest absolute Gasteiger partial charge is 0.316 e. The number of rotatable bonds is 6. The van der Waals surface area contributed by atoms with Gasteiger partial charge in [0.05, 0.1) is 6.61 Å². The second kappa shape index (κ2) is 6.52. The van der Waals surface area contributed by atoms with Crippen LogP contribution < -0.4 is 0 Å². The SMILES string of the molecule is CCOC(=O)[C@H](CC(=O)C1CCCC1)C(C)=O. The van der Waals surface area contributed by atoms with Crippen LogP contribution in [-0.2, 0) is 19.1 Å². The Morgan fingerprint density at radius 3 is 2.29 bits per heavy atom. The number of ketones is 2. The quantitative estimate of drug-likeness (QED) is 0.525. The number of hydrogen-bond donors (Lipinski definition) is 0. The standard InChI is InChI=1S/C13H20O4/c1-3-17-13(16)11(9(2)14)8-12(15)10-6-4-5-7-10/h10-11H,3-8H2,1-2H3/t11-/m1/s1. The molecule has 0 spiro atoms. The molecule has 4 heteroatoms. The van der Waals surface area contributed by atoms with Gasteiger partial charge in [-0.05, 0) is 26.7 Å². The first kappa shape index (κ1) is 13.9. The Labute approximate surface area is 102 Å². The summed E-state index contributed by atoms with van der Waals surface area (Å²) in [6, 6.07) is 0. The summed E-state index contributed by atoms with van der Waals surface area (Å²) in [6.07, 6.45) is 3.94. The maximum atomic E-state index is 11.9. The van der Waals surface area contributed by atoms with Crippen LogP contribution in [0.2, 0.25) is 0 Å². The van der Waals surface area contributed by atoms with Gasteiger partial charge in [0, 0.05) is 12.3 Å². The first-order valence-electron chi connectivity index (χ1n) is 6.26. The minimum Gasteiger partial charge on any atom is -0.465 e. The molecule has 0 aliphatic heterocycles. The van der Waals surface area contributed by atoms with Gasteiger partial charge in [0.15, 0.2) is 0 Å². The Hall–Kier alpha value is -1.19. The van der Waals surface area contributed by atoms with Gasteiger partial charge >= 0.3 is 5.97 Å². The van der Waals surface area contributed by atoms with E-state index in [-0.39, 0.29) is 30.5 Å². The van der Waals surface area contributed by atoms with Crippen LogP contribution in [0.3, 0.4) is 0 Å². The Morgan fingerprint density at radius 1 is 1.24 bits per heavy atom. The summed E-state index contributed by atoms with van der Waals surface area (Å²) in [4.78, 5) is 34.8. The van der Waals surface area contributed by atoms with Crippen LogP contribution in [0.5, 0.6) is 0 Å². The molecular formula is C13H20O4. The molecular weight excluding hydrogens is 220 g/mol. The van der Waals surface area contributed by atoms with Crippen molar-refractivity contribution >= 4 is 17.5 Å². The molecule has 4 nitrogen and oxygen atoms in total. The Morgan fingerprint density at radius 2 is 1.82 bits per heavy atom. The average molecular weight is 240 g/mol. The van der Waals surface area contributed by atoms with Crippen molar-refractivity contribution < 1.29 is 19.1 Å². The van der Waals surface area contributed by atoms with Crippen LogP contribution in [-0.4, -0.2) is 24.1 Å². The van der Waals surface area contributed by atoms with Gasteiger partial charge in [-0.1, -0.05) is 12.8 Å². The van der Waals surface area contributed by atoms with Gasteiger partial charge < -0.3 is 4.74 Å². The lowest BCUT2D eigenvalue weighted by Gasteiger charge is -2.14. The van der Waals surface area contributed by atoms with E-state index >= 15 is 0 Å². The van der Waals surface area contributed by atoms with E-state index in [9.17, 15) is 14.4 Å². The third kappa shape index (κ3) is 3.95. The fraction of sp³-hybridized carbons (Fsp3) is 0.769. The summed E-state index contributed by atoms with van der Waals surface area (Å²) < 4.78 is 4.82. The number of carbonyl (C=O) groups excluding carboxylic acids is 3. The minimum absolute atomic E-state index is 0.0127. The van der Waals surface area contributed by atoms with Crippen LogP contribution in [0.4, 0.5) is 0 Å². The molecule has 0 aromatic rings. The van der Waals surface area contributed by atoms with E-state index in [1.165, 1.54) is 6.92 Å². The monoisotopic (exact) mass is 240 g/mol. The van der Waals surface area contributed by atoms with Gasteiger partial charge in [-0.3, -0.25) is 14.4 Å². The van der Waals surface area contributed by atoms with Crippen LogP contribution in [0.1, 0.15) is 46.0 Å². The van der Waals surface area contributed by atoms with Gasteiger partial charge in [0.2, 0.25) is 0 Å². The van der Waals surface area contributed by atoms with E-state index < -0.39 is 11.9 Å². The highest BCUT2D eigenvalue weighted by atomic mass is 16.5. The van der Waals surface area contributed by atoms with Crippen LogP contribution in [0, 0.1) is 11.8 Å². The molecule has 0 N–H and O–H groups in total. The zero-order chi connectivity index (χ0) is 12.8. The molecule has 1 aliphatic rings. The van der Waals surface area contributed by atoms with E-state index in [0.717, 1.165) is 25.7 Å². The Balaban J connectivity index is 2.56. The largest absolute Gasteiger partial charge is 0.465 e. The van der Waals surface area contributed by atoms with E-state index in [2.05, 4.69) is 0 Å². The molecule has 1 rings (SSSR count). The summed E-state index contributed by atoms with van der Waals surface area (Å²) in [7, 11) is 0. The Kier molecular flexibility index (Phi) is 5.32. The predicted molar refractivity (Wildman–Crippen MR) is 62.4 cm³/mol. The maximum Gasteiger partial charge on any atom is 0.316 e. The summed E-state index contributed by atoms with van der Waals surface area (Å²) >= 11 is 0. The van der Waals surface area contributed by atoms with E-state index in [0.29, 0.717) is 0 Å². The molecule has 1 saturated carbocycles. The third-order valence-electron chi connectivity index (χ3n) is 3.28. The number of Topliss-reactive ketones (excluding diaryl/α,β-unsaturated/α-hetero) is 2. The Bertz CT molecular complexity index is 303. The summed E-state index contributed by atoms with van der Waals surface area (Å²) in [5, 5.41) is 0. The normalized spacial score (nSPS) is 17.8. The molecule has 0 heterocycles. The highest BCUT2D eigenvalue weighted by molar-refractivity contribution is 6.01. The molecule has 0 aromatic heterocycles. The van der Waals surface area contributed by atoms with Gasteiger partial charge in [-0.15, -0.1) is 0 Å². The molecule has 0 radical (unpaired) electrons. The summed E-state index contributed by atoms with van der Waals surface area (Å²) in [5.74, 6) is -1.66. The van der Waals surface area contributed by atoms with Crippen molar-refractivity contribution in [2.24, 2.45) is 11.8 Å². The second-order valence-electron chi connectivity index (χ2n) is 4.57. The molecule has 17 heavy (non-hydrogen) atoms. The fourth-order valence-electron chi connectivity index (χ4n) is 2.25. The zero-order valence-electron chi connectivity index (χ0n) is 10.5. The average Bonchev–Trinajstić information content (AvgIpc) is 2.78. The number of esters is 1. The van der Waals surface area contributed by atoms with Crippen molar-refractivity contribution in [1.82, 2.24) is 0 Å². The molecule has 96 valence electrons. The first-order valence-corrected chi connectivity index (χ1v) is 6.26. The van der Waals surface area contributed by atoms with Gasteiger partial charge in [-0.25, -0.2) is 0 Å². The van der Waals surface area contributed by atoms with E-state index in [1.54, 1.807) is 6.92 Å². The van der Waals surface area contributed by atoms with Crippen LogP contribution >= 0.6 is 0 Å². The predicted octanol–water partition coefficient (Wildman–Crippen LogP) is 1.90. The van der Waals surface area contributed by atoms with Crippen molar-refractivity contribution in [1.29, 1.82) is 0 Å². The zero-order valence-corrected chi connectivity index (χ0v) is 10.5. The van der Waals surface area contributed by atoms with E-state index in [4.69, 9.17) is 4.74 Å². The topological polar surface area (TPSA) is 60.4 Å². The number of hydrogen-bond acceptors (Lipinski definition) is 4. The molecule has 1 fully saturated rings. The van der Waals surface area contributed by atoms with Crippen LogP contribution in [0.25, 0.3) is 0 Å². The van der Waals surface area contributed by atoms with Crippen molar-refractivity contribution in [3.05, 3.63) is 0 Å². The number of carbonyl (C=O) groups is 3. The molecule has 1 aliphatic carbocycles. The van der Waals surface area contributed by atoms with Crippen LogP contribution in [0.15, 0.2) is 0 Å². The first-order chi connectivity index (χ1) is 8.06. The second-order valence-corrected chi connectivity index (χ2v) is 4.57. The number of ether oxygens (including phenoxy) is 1. The fourth-order valence-corrected chi connectivity index (χ4v) is 2.25. The molecule has 1 atom stereocenters. The van der Waals surface area contributed by atoms with Gasteiger partial charge in [0.25, 0.3) is 0 Å². The molecule has 0 amide bonds. The lowest BCUT2D eigenvalue weighted by atomic mass is 9.91. The maximum absolute atomic E-state index is 11.9. The summed E-state index contributed by atoms with van der Waals surface area (Å²) in [6.45, 7) is 3.26. The molecule has 0 saturated heterocycles. The minimum atomic E-state index is -0.900. The van der Waals surface area contributed by atoms with E-state index in [1.807, 2.05) is 0 Å². The van der Waals surface area contributed by atoms with Crippen molar-refractivity contribution in [3.63, 3.8) is 0 Å². The highest BCUT2D eigenvalue weighted by Gasteiger charge is 2.31. The molecule has 0 bridgehead atoms. The van der Waals surface area contributed by atoms with Gasteiger partial charge in [-0.2, -0.15) is 0 Å². The summed E-state index contributed by atoms with van der Waals surface area (Å²) in [5.41, 5.74) is 0. The molecule has 0 unspecified atom stereocenters. The van der Waals surface area contributed by atoms with Crippen molar-refractivity contribution in [2.75, 3.05) is 6.61 Å². The molecule has 0 aromatic carbocycles. The van der Waals surface area contributed by atoms with Crippen molar-refractivity contribution in [2.45, 2.75) is 46.0 Å². The van der Waals surface area contributed by atoms with Gasteiger partial charge in [0.1, 0.15) is 17.5 Å². The third-order valence-corrected chi connectivity index (χ3v) is 3.28. The lowest BCUT2D eigenvalue weighted by Crippen LogP contribution is -2.28. The lowest BCUT2D eigenvalue weighted by molar-refractivity contribution is -0.153. The highest BCUT2D eigenvalue weighted by Crippen LogP contribution is 2.27. The van der Waals surface area contributed by atoms with Crippen molar-refractivity contribution in [3.8, 4) is 0 Å².